The van der Waals surface area contributed by atoms with Gasteiger partial charge in [-0.15, -0.1) is 12.6 Å². The molecule has 7 amide bonds. The first kappa shape index (κ1) is 49.8. The van der Waals surface area contributed by atoms with Gasteiger partial charge in [-0.05, 0) is 54.9 Å². The second kappa shape index (κ2) is 23.3. The molecular formula is C41H62N8O9S. The van der Waals surface area contributed by atoms with Crippen LogP contribution in [0.2, 0.25) is 0 Å². The molecule has 0 spiro atoms. The van der Waals surface area contributed by atoms with Crippen molar-refractivity contribution >= 4 is 54.0 Å². The molecule has 2 aromatic carbocycles. The number of primary amides is 1. The van der Waals surface area contributed by atoms with Crippen LogP contribution in [0.1, 0.15) is 66.5 Å². The van der Waals surface area contributed by atoms with E-state index in [-0.39, 0.29) is 18.9 Å². The first-order chi connectivity index (χ1) is 27.6. The lowest BCUT2D eigenvalue weighted by molar-refractivity contribution is -0.140. The highest BCUT2D eigenvalue weighted by atomic mass is 32.1. The maximum atomic E-state index is 14.0. The molecule has 0 aliphatic heterocycles. The normalized spacial score (nSPS) is 14.2. The third-order valence-electron chi connectivity index (χ3n) is 9.72. The Bertz CT molecular complexity index is 1790. The Hall–Kier alpha value is -5.36. The van der Waals surface area contributed by atoms with Crippen molar-refractivity contribution in [1.29, 1.82) is 0 Å². The number of ether oxygens (including phenoxy) is 2. The van der Waals surface area contributed by atoms with Gasteiger partial charge in [-0.25, -0.2) is 0 Å². The average Bonchev–Trinajstić information content (AvgIpc) is 3.18. The quantitative estimate of drug-likeness (QED) is 0.0612. The number of thiol groups is 1. The summed E-state index contributed by atoms with van der Waals surface area (Å²) in [4.78, 5) is 94.6. The van der Waals surface area contributed by atoms with Crippen LogP contribution < -0.4 is 47.5 Å². The second-order valence-electron chi connectivity index (χ2n) is 15.4. The zero-order valence-corrected chi connectivity index (χ0v) is 36.5. The van der Waals surface area contributed by atoms with Gasteiger partial charge in [0.15, 0.2) is 11.5 Å². The minimum Gasteiger partial charge on any atom is -0.493 e. The molecule has 0 aliphatic rings. The number of rotatable bonds is 22. The first-order valence-corrected chi connectivity index (χ1v) is 19.9. The molecule has 0 unspecified atom stereocenters. The van der Waals surface area contributed by atoms with Gasteiger partial charge in [-0.1, -0.05) is 71.9 Å². The van der Waals surface area contributed by atoms with Crippen LogP contribution in [0.4, 0.5) is 0 Å². The van der Waals surface area contributed by atoms with E-state index in [1.54, 1.807) is 84.0 Å². The zero-order valence-electron chi connectivity index (χ0n) is 35.6. The number of benzene rings is 2. The molecule has 0 bridgehead atoms. The molecule has 326 valence electrons. The van der Waals surface area contributed by atoms with Crippen LogP contribution >= 0.6 is 12.6 Å². The van der Waals surface area contributed by atoms with E-state index in [0.29, 0.717) is 27.5 Å². The number of hydrogen-bond donors (Lipinski definition) is 8. The van der Waals surface area contributed by atoms with Gasteiger partial charge in [0.25, 0.3) is 0 Å². The maximum absolute atomic E-state index is 14.0. The number of carbonyl (C=O) groups is 7. The third-order valence-corrected chi connectivity index (χ3v) is 10.1. The van der Waals surface area contributed by atoms with E-state index in [2.05, 4.69) is 39.2 Å². The molecule has 0 heterocycles. The van der Waals surface area contributed by atoms with Gasteiger partial charge in [0, 0.05) is 17.9 Å². The summed E-state index contributed by atoms with van der Waals surface area (Å²) < 4.78 is 10.7. The topological polar surface area (TPSA) is 253 Å². The molecule has 17 nitrogen and oxygen atoms in total. The molecule has 0 radical (unpaired) electrons. The van der Waals surface area contributed by atoms with Gasteiger partial charge < -0.3 is 52.4 Å². The summed E-state index contributed by atoms with van der Waals surface area (Å²) in [5.41, 5.74) is 12.7. The number of nitrogens with two attached hydrogens (primary N) is 2. The van der Waals surface area contributed by atoms with Crippen LogP contribution in [0.5, 0.6) is 11.5 Å². The molecule has 0 saturated carbocycles. The Morgan fingerprint density at radius 3 is 1.76 bits per heavy atom. The van der Waals surface area contributed by atoms with Gasteiger partial charge in [-0.3, -0.25) is 33.6 Å². The Balaban J connectivity index is 2.29. The smallest absolute Gasteiger partial charge is 0.243 e. The zero-order chi connectivity index (χ0) is 44.7. The van der Waals surface area contributed by atoms with Crippen molar-refractivity contribution in [2.24, 2.45) is 29.2 Å². The summed E-state index contributed by atoms with van der Waals surface area (Å²) in [7, 11) is 2.92. The van der Waals surface area contributed by atoms with Crippen LogP contribution in [0.25, 0.3) is 0 Å². The lowest BCUT2D eigenvalue weighted by Crippen LogP contribution is -2.60. The largest absolute Gasteiger partial charge is 0.493 e. The fraction of sp³-hybridized carbons (Fsp3) is 0.537. The number of methoxy groups -OCH3 is 2. The summed E-state index contributed by atoms with van der Waals surface area (Å²) in [5, 5.41) is 13.3. The standard InChI is InChI=1S/C41H62N8O9S/c1-21(2)33(42)39(54)45-24(7)37(52)47-35(23(5)6)41(56)46-28(16-26-14-12-11-13-15-26)38(53)48-34(22(3)4)40(55)44-19-32(50)49(25(8)36(43)51)20-27-17-29(57-9)30(58-10)18-31(27)59/h11-15,17-18,21-25,28,33-35,59H,16,19-20,42H2,1-10H3,(H2,43,51)(H,44,55)(H,45,54)(H,46,56)(H,47,52)(H,48,53)/t24-,25-,28-,33-,34-,35-/m0/s1/i32+1. The molecule has 18 heteroatoms. The highest BCUT2D eigenvalue weighted by Crippen LogP contribution is 2.33. The van der Waals surface area contributed by atoms with Crippen LogP contribution in [0.15, 0.2) is 47.4 Å². The van der Waals surface area contributed by atoms with Crippen molar-refractivity contribution in [3.05, 3.63) is 53.6 Å². The van der Waals surface area contributed by atoms with Crippen LogP contribution in [0, 0.1) is 17.8 Å². The summed E-state index contributed by atoms with van der Waals surface area (Å²) in [5.74, 6) is -4.92. The Morgan fingerprint density at radius 2 is 1.24 bits per heavy atom. The van der Waals surface area contributed by atoms with E-state index in [9.17, 15) is 33.6 Å². The maximum Gasteiger partial charge on any atom is 0.243 e. The monoisotopic (exact) mass is 843 g/mol. The van der Waals surface area contributed by atoms with Gasteiger partial charge >= 0.3 is 0 Å². The van der Waals surface area contributed by atoms with Crippen molar-refractivity contribution in [2.75, 3.05) is 20.8 Å². The Morgan fingerprint density at radius 1 is 0.695 bits per heavy atom. The number of amides is 7. The van der Waals surface area contributed by atoms with E-state index in [1.165, 1.54) is 33.0 Å². The number of hydrogen-bond acceptors (Lipinski definition) is 11. The number of nitrogens with zero attached hydrogens (tertiary/aromatic N) is 1. The minimum atomic E-state index is -1.20. The highest BCUT2D eigenvalue weighted by Gasteiger charge is 2.34. The average molecular weight is 844 g/mol. The van der Waals surface area contributed by atoms with Crippen molar-refractivity contribution < 1.29 is 43.0 Å². The predicted octanol–water partition coefficient (Wildman–Crippen LogP) is 0.808. The summed E-state index contributed by atoms with van der Waals surface area (Å²) in [6, 6.07) is 5.72. The lowest BCUT2D eigenvalue weighted by atomic mass is 9.99. The Labute approximate surface area is 352 Å². The highest BCUT2D eigenvalue weighted by molar-refractivity contribution is 7.80. The van der Waals surface area contributed by atoms with Gasteiger partial charge in [0.1, 0.15) is 30.2 Å². The van der Waals surface area contributed by atoms with Gasteiger partial charge in [0.2, 0.25) is 41.4 Å². The third kappa shape index (κ3) is 14.8. The molecule has 0 aliphatic carbocycles. The summed E-state index contributed by atoms with van der Waals surface area (Å²) >= 11 is 4.51. The van der Waals surface area contributed by atoms with E-state index in [0.717, 1.165) is 0 Å². The van der Waals surface area contributed by atoms with E-state index in [4.69, 9.17) is 20.9 Å². The summed E-state index contributed by atoms with van der Waals surface area (Å²) in [6.45, 7) is 12.6. The van der Waals surface area contributed by atoms with Crippen molar-refractivity contribution in [3.8, 4) is 11.5 Å². The fourth-order valence-corrected chi connectivity index (χ4v) is 6.04. The van der Waals surface area contributed by atoms with Crippen molar-refractivity contribution in [1.82, 2.24) is 31.5 Å². The SMILES string of the molecule is COc1cc(S)c(CN([C@@H](C)C(N)=O)[13C](=O)CNC(=O)[C@@H](NC(=O)[C@H](Cc2ccccc2)NC(=O)[C@@H](NC(=O)[C@H](C)NC(=O)[C@@H](N)C(C)C)C(C)C)C(C)C)cc1OC. The molecular weight excluding hydrogens is 782 g/mol. The molecule has 0 aromatic heterocycles. The molecule has 0 fully saturated rings. The molecule has 6 atom stereocenters. The lowest BCUT2D eigenvalue weighted by Gasteiger charge is -2.30. The van der Waals surface area contributed by atoms with Crippen LogP contribution in [0.3, 0.4) is 0 Å². The van der Waals surface area contributed by atoms with Crippen LogP contribution in [-0.4, -0.2) is 103 Å². The van der Waals surface area contributed by atoms with Crippen molar-refractivity contribution in [3.63, 3.8) is 0 Å². The predicted molar refractivity (Wildman–Crippen MR) is 225 cm³/mol. The molecule has 59 heavy (non-hydrogen) atoms. The Kier molecular flexibility index (Phi) is 19.7. The fourth-order valence-electron chi connectivity index (χ4n) is 5.79. The van der Waals surface area contributed by atoms with Gasteiger partial charge in [-0.2, -0.15) is 0 Å². The first-order valence-electron chi connectivity index (χ1n) is 19.4. The van der Waals surface area contributed by atoms with Crippen LogP contribution in [-0.2, 0) is 46.5 Å². The molecule has 0 saturated heterocycles. The summed E-state index contributed by atoms with van der Waals surface area (Å²) in [6.07, 6.45) is 0.0326. The minimum absolute atomic E-state index is 0.0326. The van der Waals surface area contributed by atoms with Crippen molar-refractivity contribution in [2.45, 2.75) is 110 Å². The number of nitrogens with one attached hydrogen (secondary N) is 5. The molecule has 2 aromatic rings. The number of carbonyl (C=O) groups excluding carboxylic acids is 7. The van der Waals surface area contributed by atoms with E-state index in [1.807, 2.05) is 0 Å². The molecule has 9 N–H and O–H groups in total. The van der Waals surface area contributed by atoms with Gasteiger partial charge in [0.05, 0.1) is 26.8 Å². The van der Waals surface area contributed by atoms with E-state index < -0.39 is 96.0 Å². The van der Waals surface area contributed by atoms with E-state index >= 15 is 0 Å². The second-order valence-corrected chi connectivity index (χ2v) is 15.8. The molecule has 2 rings (SSSR count).